The fraction of sp³-hybridized carbons (Fsp3) is 0.500. The molecule has 0 spiro atoms. The summed E-state index contributed by atoms with van der Waals surface area (Å²) in [6.07, 6.45) is 1.85. The predicted octanol–water partition coefficient (Wildman–Crippen LogP) is 2.16. The van der Waals surface area contributed by atoms with Crippen molar-refractivity contribution in [3.05, 3.63) is 30.1 Å². The van der Waals surface area contributed by atoms with Crippen LogP contribution in [0.1, 0.15) is 19.3 Å². The second-order valence-corrected chi connectivity index (χ2v) is 5.54. The summed E-state index contributed by atoms with van der Waals surface area (Å²) in [6.45, 7) is 0.916. The van der Waals surface area contributed by atoms with Crippen molar-refractivity contribution in [3.8, 4) is 5.75 Å². The Morgan fingerprint density at radius 1 is 1.27 bits per heavy atom. The Morgan fingerprint density at radius 3 is 2.45 bits per heavy atom. The Kier molecular flexibility index (Phi) is 5.35. The van der Waals surface area contributed by atoms with Crippen LogP contribution in [0.3, 0.4) is 0 Å². The highest BCUT2D eigenvalue weighted by molar-refractivity contribution is 5.86. The third kappa shape index (κ3) is 3.96. The normalized spacial score (nSPS) is 20.1. The maximum absolute atomic E-state index is 12.7. The minimum Gasteiger partial charge on any atom is -0.494 e. The van der Waals surface area contributed by atoms with Gasteiger partial charge in [-0.05, 0) is 43.5 Å². The van der Waals surface area contributed by atoms with Crippen LogP contribution in [0, 0.1) is 17.7 Å². The molecule has 1 aliphatic carbocycles. The topological polar surface area (TPSA) is 66.8 Å². The summed E-state index contributed by atoms with van der Waals surface area (Å²) in [6, 6.07) is 5.76. The van der Waals surface area contributed by atoms with Gasteiger partial charge in [0.25, 0.3) is 0 Å². The molecule has 1 N–H and O–H groups in total. The largest absolute Gasteiger partial charge is 0.494 e. The number of hydrogen-bond acceptors (Lipinski definition) is 3. The molecule has 1 aliphatic rings. The molecule has 1 aromatic carbocycles. The summed E-state index contributed by atoms with van der Waals surface area (Å²) < 4.78 is 18.2. The molecule has 6 heteroatoms. The fourth-order valence-corrected chi connectivity index (χ4v) is 2.51. The summed E-state index contributed by atoms with van der Waals surface area (Å²) in [5.74, 6) is -1.66. The highest BCUT2D eigenvalue weighted by Crippen LogP contribution is 2.35. The average Bonchev–Trinajstić information content (AvgIpc) is 2.43. The van der Waals surface area contributed by atoms with E-state index in [2.05, 4.69) is 0 Å². The SMILES string of the molecule is CN(CCCOc1ccc(F)cc1)C(=O)C1CCC1C(=O)O. The quantitative estimate of drug-likeness (QED) is 0.784. The molecule has 120 valence electrons. The van der Waals surface area contributed by atoms with Gasteiger partial charge < -0.3 is 14.7 Å². The van der Waals surface area contributed by atoms with E-state index in [-0.39, 0.29) is 17.6 Å². The molecule has 0 bridgehead atoms. The molecular formula is C16H20FNO4. The Balaban J connectivity index is 1.69. The van der Waals surface area contributed by atoms with E-state index in [1.165, 1.54) is 12.1 Å². The molecule has 5 nitrogen and oxygen atoms in total. The summed E-state index contributed by atoms with van der Waals surface area (Å²) in [4.78, 5) is 24.6. The first-order valence-corrected chi connectivity index (χ1v) is 7.35. The lowest BCUT2D eigenvalue weighted by Gasteiger charge is -2.35. The van der Waals surface area contributed by atoms with E-state index in [1.807, 2.05) is 0 Å². The van der Waals surface area contributed by atoms with Crippen molar-refractivity contribution in [2.75, 3.05) is 20.2 Å². The number of benzene rings is 1. The van der Waals surface area contributed by atoms with Crippen molar-refractivity contribution >= 4 is 11.9 Å². The van der Waals surface area contributed by atoms with Crippen molar-refractivity contribution < 1.29 is 23.8 Å². The molecule has 1 aromatic rings. The summed E-state index contributed by atoms with van der Waals surface area (Å²) >= 11 is 0. The van der Waals surface area contributed by atoms with Crippen LogP contribution < -0.4 is 4.74 Å². The van der Waals surface area contributed by atoms with Crippen LogP contribution in [0.4, 0.5) is 4.39 Å². The molecular weight excluding hydrogens is 289 g/mol. The van der Waals surface area contributed by atoms with Crippen LogP contribution >= 0.6 is 0 Å². The van der Waals surface area contributed by atoms with E-state index in [0.29, 0.717) is 38.2 Å². The Bertz CT molecular complexity index is 531. The van der Waals surface area contributed by atoms with E-state index in [0.717, 1.165) is 0 Å². The second-order valence-electron chi connectivity index (χ2n) is 5.54. The van der Waals surface area contributed by atoms with Crippen LogP contribution in [-0.2, 0) is 9.59 Å². The lowest BCUT2D eigenvalue weighted by atomic mass is 9.73. The van der Waals surface area contributed by atoms with Gasteiger partial charge in [0.2, 0.25) is 5.91 Å². The molecule has 0 saturated heterocycles. The number of hydrogen-bond donors (Lipinski definition) is 1. The van der Waals surface area contributed by atoms with Gasteiger partial charge in [0.05, 0.1) is 18.4 Å². The van der Waals surface area contributed by atoms with E-state index in [9.17, 15) is 14.0 Å². The Morgan fingerprint density at radius 2 is 1.91 bits per heavy atom. The van der Waals surface area contributed by atoms with Gasteiger partial charge in [-0.15, -0.1) is 0 Å². The van der Waals surface area contributed by atoms with E-state index < -0.39 is 11.9 Å². The lowest BCUT2D eigenvalue weighted by molar-refractivity contribution is -0.156. The third-order valence-electron chi connectivity index (χ3n) is 4.01. The van der Waals surface area contributed by atoms with Gasteiger partial charge in [-0.3, -0.25) is 9.59 Å². The van der Waals surface area contributed by atoms with Crippen molar-refractivity contribution in [3.63, 3.8) is 0 Å². The van der Waals surface area contributed by atoms with Gasteiger partial charge in [-0.2, -0.15) is 0 Å². The molecule has 22 heavy (non-hydrogen) atoms. The summed E-state index contributed by atoms with van der Waals surface area (Å²) in [7, 11) is 1.68. The first-order valence-electron chi connectivity index (χ1n) is 7.35. The molecule has 0 aliphatic heterocycles. The van der Waals surface area contributed by atoms with Crippen LogP contribution in [0.15, 0.2) is 24.3 Å². The molecule has 2 unspecified atom stereocenters. The van der Waals surface area contributed by atoms with Crippen molar-refractivity contribution in [2.24, 2.45) is 11.8 Å². The number of carbonyl (C=O) groups is 2. The van der Waals surface area contributed by atoms with E-state index in [4.69, 9.17) is 9.84 Å². The monoisotopic (exact) mass is 309 g/mol. The van der Waals surface area contributed by atoms with Crippen LogP contribution in [0.25, 0.3) is 0 Å². The van der Waals surface area contributed by atoms with Crippen LogP contribution in [-0.4, -0.2) is 42.1 Å². The van der Waals surface area contributed by atoms with Gasteiger partial charge >= 0.3 is 5.97 Å². The molecule has 2 atom stereocenters. The summed E-state index contributed by atoms with van der Waals surface area (Å²) in [5, 5.41) is 8.98. The first kappa shape index (κ1) is 16.3. The molecule has 1 saturated carbocycles. The Hall–Kier alpha value is -2.11. The lowest BCUT2D eigenvalue weighted by Crippen LogP contribution is -2.45. The number of carboxylic acids is 1. The van der Waals surface area contributed by atoms with Crippen molar-refractivity contribution in [1.82, 2.24) is 4.90 Å². The number of aliphatic carboxylic acids is 1. The van der Waals surface area contributed by atoms with Gasteiger partial charge in [0.15, 0.2) is 0 Å². The minimum atomic E-state index is -0.891. The van der Waals surface area contributed by atoms with Gasteiger partial charge in [0.1, 0.15) is 11.6 Å². The minimum absolute atomic E-state index is 0.111. The fourth-order valence-electron chi connectivity index (χ4n) is 2.51. The highest BCUT2D eigenvalue weighted by Gasteiger charge is 2.42. The maximum atomic E-state index is 12.7. The van der Waals surface area contributed by atoms with Crippen molar-refractivity contribution in [1.29, 1.82) is 0 Å². The highest BCUT2D eigenvalue weighted by atomic mass is 19.1. The molecule has 1 amide bonds. The van der Waals surface area contributed by atoms with E-state index >= 15 is 0 Å². The molecule has 0 heterocycles. The molecule has 2 rings (SSSR count). The van der Waals surface area contributed by atoms with Gasteiger partial charge in [0, 0.05) is 13.6 Å². The second kappa shape index (κ2) is 7.24. The Labute approximate surface area is 128 Å². The standard InChI is InChI=1S/C16H20FNO4/c1-18(15(19)13-7-8-14(13)16(20)21)9-2-10-22-12-5-3-11(17)4-6-12/h3-6,13-14H,2,7-10H2,1H3,(H,20,21). The maximum Gasteiger partial charge on any atom is 0.307 e. The average molecular weight is 309 g/mol. The molecule has 0 aromatic heterocycles. The number of nitrogens with zero attached hydrogens (tertiary/aromatic N) is 1. The van der Waals surface area contributed by atoms with Gasteiger partial charge in [-0.25, -0.2) is 4.39 Å². The van der Waals surface area contributed by atoms with Crippen LogP contribution in [0.5, 0.6) is 5.75 Å². The summed E-state index contributed by atoms with van der Waals surface area (Å²) in [5.41, 5.74) is 0. The first-order chi connectivity index (χ1) is 10.5. The number of amides is 1. The number of rotatable bonds is 7. The zero-order chi connectivity index (χ0) is 16.1. The number of halogens is 1. The van der Waals surface area contributed by atoms with E-state index in [1.54, 1.807) is 24.1 Å². The smallest absolute Gasteiger partial charge is 0.307 e. The number of carbonyl (C=O) groups excluding carboxylic acids is 1. The predicted molar refractivity (Wildman–Crippen MR) is 78.0 cm³/mol. The van der Waals surface area contributed by atoms with Gasteiger partial charge in [-0.1, -0.05) is 0 Å². The zero-order valence-corrected chi connectivity index (χ0v) is 12.5. The number of ether oxygens (including phenoxy) is 1. The molecule has 0 radical (unpaired) electrons. The third-order valence-corrected chi connectivity index (χ3v) is 4.01. The molecule has 1 fully saturated rings. The van der Waals surface area contributed by atoms with Crippen molar-refractivity contribution in [2.45, 2.75) is 19.3 Å². The number of carboxylic acid groups (broad SMARTS) is 1. The van der Waals surface area contributed by atoms with Crippen LogP contribution in [0.2, 0.25) is 0 Å². The zero-order valence-electron chi connectivity index (χ0n) is 12.5.